The third-order valence-electron chi connectivity index (χ3n) is 6.03. The van der Waals surface area contributed by atoms with Crippen LogP contribution in [0.15, 0.2) is 83.8 Å². The number of hydrogen-bond donors (Lipinski definition) is 1. The zero-order valence-electron chi connectivity index (χ0n) is 21.3. The van der Waals surface area contributed by atoms with Gasteiger partial charge < -0.3 is 10.2 Å². The fourth-order valence-electron chi connectivity index (χ4n) is 3.82. The summed E-state index contributed by atoms with van der Waals surface area (Å²) < 4.78 is 28.4. The molecular formula is C28H31Cl2N3O4S. The molecule has 3 aromatic carbocycles. The molecule has 1 N–H and O–H groups in total. The number of rotatable bonds is 12. The van der Waals surface area contributed by atoms with Crippen LogP contribution in [0.4, 0.5) is 5.69 Å². The van der Waals surface area contributed by atoms with Crippen molar-refractivity contribution in [3.8, 4) is 0 Å². The van der Waals surface area contributed by atoms with Gasteiger partial charge in [-0.1, -0.05) is 85.1 Å². The van der Waals surface area contributed by atoms with Crippen molar-refractivity contribution in [3.63, 3.8) is 0 Å². The summed E-state index contributed by atoms with van der Waals surface area (Å²) >= 11 is 12.8. The molecule has 0 saturated heterocycles. The molecule has 38 heavy (non-hydrogen) atoms. The number of unbranched alkanes of at least 4 members (excludes halogenated alkanes) is 1. The molecule has 0 unspecified atom stereocenters. The van der Waals surface area contributed by atoms with Crippen molar-refractivity contribution in [1.29, 1.82) is 0 Å². The molecule has 0 bridgehead atoms. The van der Waals surface area contributed by atoms with Crippen LogP contribution in [-0.4, -0.2) is 44.3 Å². The first-order chi connectivity index (χ1) is 18.2. The molecule has 2 amide bonds. The second kappa shape index (κ2) is 13.6. The lowest BCUT2D eigenvalue weighted by molar-refractivity contribution is -0.139. The van der Waals surface area contributed by atoms with Crippen molar-refractivity contribution in [1.82, 2.24) is 10.2 Å². The van der Waals surface area contributed by atoms with E-state index >= 15 is 0 Å². The minimum atomic E-state index is -4.17. The van der Waals surface area contributed by atoms with Gasteiger partial charge in [0.2, 0.25) is 11.8 Å². The first-order valence-electron chi connectivity index (χ1n) is 12.3. The monoisotopic (exact) mass is 575 g/mol. The molecule has 7 nitrogen and oxygen atoms in total. The van der Waals surface area contributed by atoms with E-state index in [1.54, 1.807) is 67.6 Å². The maximum atomic E-state index is 13.9. The van der Waals surface area contributed by atoms with E-state index in [1.807, 2.05) is 6.92 Å². The van der Waals surface area contributed by atoms with E-state index < -0.39 is 28.5 Å². The van der Waals surface area contributed by atoms with E-state index in [2.05, 4.69) is 5.32 Å². The number of hydrogen-bond acceptors (Lipinski definition) is 4. The Morgan fingerprint density at radius 2 is 1.50 bits per heavy atom. The van der Waals surface area contributed by atoms with Crippen LogP contribution in [0.2, 0.25) is 10.0 Å². The predicted octanol–water partition coefficient (Wildman–Crippen LogP) is 5.52. The van der Waals surface area contributed by atoms with Gasteiger partial charge in [0.1, 0.15) is 12.6 Å². The number of carbonyl (C=O) groups excluding carboxylic acids is 2. The van der Waals surface area contributed by atoms with Crippen molar-refractivity contribution >= 4 is 50.7 Å². The van der Waals surface area contributed by atoms with Gasteiger partial charge in [-0.2, -0.15) is 0 Å². The van der Waals surface area contributed by atoms with Crippen LogP contribution in [0.1, 0.15) is 32.3 Å². The Labute approximate surface area is 234 Å². The lowest BCUT2D eigenvalue weighted by atomic mass is 10.1. The Morgan fingerprint density at radius 1 is 0.895 bits per heavy atom. The minimum Gasteiger partial charge on any atom is -0.354 e. The van der Waals surface area contributed by atoms with Gasteiger partial charge in [-0.3, -0.25) is 13.9 Å². The third-order valence-corrected chi connectivity index (χ3v) is 8.49. The van der Waals surface area contributed by atoms with E-state index in [0.29, 0.717) is 17.1 Å². The second-order valence-corrected chi connectivity index (χ2v) is 11.4. The van der Waals surface area contributed by atoms with Gasteiger partial charge in [0.25, 0.3) is 10.0 Å². The van der Waals surface area contributed by atoms with Crippen LogP contribution < -0.4 is 9.62 Å². The maximum Gasteiger partial charge on any atom is 0.264 e. The zero-order valence-corrected chi connectivity index (χ0v) is 23.6. The number of sulfonamides is 1. The molecule has 0 saturated carbocycles. The topological polar surface area (TPSA) is 86.8 Å². The SMILES string of the molecule is CCCCNC(=O)[C@H](C)N(Cc1ccccc1Cl)C(=O)CN(c1ccccc1Cl)S(=O)(=O)c1ccccc1. The molecule has 0 heterocycles. The summed E-state index contributed by atoms with van der Waals surface area (Å²) in [6, 6.07) is 20.3. The van der Waals surface area contributed by atoms with Gasteiger partial charge in [-0.15, -0.1) is 0 Å². The van der Waals surface area contributed by atoms with Gasteiger partial charge >= 0.3 is 0 Å². The van der Waals surface area contributed by atoms with Crippen LogP contribution in [0.5, 0.6) is 0 Å². The molecule has 0 aromatic heterocycles. The van der Waals surface area contributed by atoms with Crippen molar-refractivity contribution < 1.29 is 18.0 Å². The van der Waals surface area contributed by atoms with Crippen molar-refractivity contribution in [2.75, 3.05) is 17.4 Å². The van der Waals surface area contributed by atoms with E-state index in [-0.39, 0.29) is 28.1 Å². The Kier molecular flexibility index (Phi) is 10.6. The first-order valence-corrected chi connectivity index (χ1v) is 14.5. The van der Waals surface area contributed by atoms with Crippen LogP contribution >= 0.6 is 23.2 Å². The van der Waals surface area contributed by atoms with Crippen LogP contribution in [0.3, 0.4) is 0 Å². The summed E-state index contributed by atoms with van der Waals surface area (Å²) in [5, 5.41) is 3.45. The first kappa shape index (κ1) is 29.5. The molecule has 3 rings (SSSR count). The number of nitrogens with zero attached hydrogens (tertiary/aromatic N) is 2. The van der Waals surface area contributed by atoms with Crippen molar-refractivity contribution in [2.45, 2.75) is 44.2 Å². The molecule has 202 valence electrons. The van der Waals surface area contributed by atoms with Crippen LogP contribution in [-0.2, 0) is 26.2 Å². The Hall–Kier alpha value is -3.07. The average Bonchev–Trinajstić information content (AvgIpc) is 2.91. The number of anilines is 1. The fourth-order valence-corrected chi connectivity index (χ4v) is 5.75. The van der Waals surface area contributed by atoms with Crippen LogP contribution in [0, 0.1) is 0 Å². The Bertz CT molecular complexity index is 1350. The van der Waals surface area contributed by atoms with Crippen molar-refractivity contribution in [2.24, 2.45) is 0 Å². The molecule has 0 aliphatic heterocycles. The summed E-state index contributed by atoms with van der Waals surface area (Å²) in [7, 11) is -4.17. The largest absolute Gasteiger partial charge is 0.354 e. The molecule has 0 radical (unpaired) electrons. The van der Waals surface area contributed by atoms with E-state index in [1.165, 1.54) is 23.1 Å². The third kappa shape index (κ3) is 7.28. The van der Waals surface area contributed by atoms with E-state index in [9.17, 15) is 18.0 Å². The second-order valence-electron chi connectivity index (χ2n) is 8.71. The molecule has 10 heteroatoms. The van der Waals surface area contributed by atoms with Gasteiger partial charge in [0.15, 0.2) is 0 Å². The smallest absolute Gasteiger partial charge is 0.264 e. The standard InChI is InChI=1S/C28H31Cl2N3O4S/c1-3-4-18-31-28(35)21(2)32(19-22-12-8-9-15-24(22)29)27(34)20-33(26-17-11-10-16-25(26)30)38(36,37)23-13-6-5-7-14-23/h5-17,21H,3-4,18-20H2,1-2H3,(H,31,35)/t21-/m0/s1. The van der Waals surface area contributed by atoms with Crippen LogP contribution in [0.25, 0.3) is 0 Å². The number of nitrogens with one attached hydrogen (secondary N) is 1. The average molecular weight is 577 g/mol. The summed E-state index contributed by atoms with van der Waals surface area (Å²) in [6.07, 6.45) is 1.70. The normalized spacial score (nSPS) is 12.0. The van der Waals surface area contributed by atoms with Gasteiger partial charge in [-0.05, 0) is 49.2 Å². The highest BCUT2D eigenvalue weighted by Crippen LogP contribution is 2.31. The quantitative estimate of drug-likeness (QED) is 0.288. The number of carbonyl (C=O) groups is 2. The fraction of sp³-hybridized carbons (Fsp3) is 0.286. The summed E-state index contributed by atoms with van der Waals surface area (Å²) in [5.74, 6) is -0.920. The Morgan fingerprint density at radius 3 is 2.13 bits per heavy atom. The molecule has 0 aliphatic rings. The minimum absolute atomic E-state index is 0.00994. The van der Waals surface area contributed by atoms with E-state index in [0.717, 1.165) is 17.1 Å². The van der Waals surface area contributed by atoms with E-state index in [4.69, 9.17) is 23.2 Å². The summed E-state index contributed by atoms with van der Waals surface area (Å²) in [4.78, 5) is 28.2. The molecule has 1 atom stereocenters. The molecular weight excluding hydrogens is 545 g/mol. The van der Waals surface area contributed by atoms with Gasteiger partial charge in [0.05, 0.1) is 15.6 Å². The molecule has 0 spiro atoms. The predicted molar refractivity (Wildman–Crippen MR) is 152 cm³/mol. The van der Waals surface area contributed by atoms with Gasteiger partial charge in [-0.25, -0.2) is 8.42 Å². The molecule has 0 fully saturated rings. The Balaban J connectivity index is 2.01. The molecule has 3 aromatic rings. The maximum absolute atomic E-state index is 13.9. The lowest BCUT2D eigenvalue weighted by Gasteiger charge is -2.32. The number of amides is 2. The number of halogens is 2. The number of para-hydroxylation sites is 1. The summed E-state index contributed by atoms with van der Waals surface area (Å²) in [6.45, 7) is 3.55. The highest BCUT2D eigenvalue weighted by molar-refractivity contribution is 7.92. The van der Waals surface area contributed by atoms with Gasteiger partial charge in [0, 0.05) is 18.1 Å². The highest BCUT2D eigenvalue weighted by Gasteiger charge is 2.33. The summed E-state index contributed by atoms with van der Waals surface area (Å²) in [5.41, 5.74) is 0.787. The number of benzene rings is 3. The zero-order chi connectivity index (χ0) is 27.7. The van der Waals surface area contributed by atoms with Crippen molar-refractivity contribution in [3.05, 3.63) is 94.5 Å². The lowest BCUT2D eigenvalue weighted by Crippen LogP contribution is -2.51. The highest BCUT2D eigenvalue weighted by atomic mass is 35.5. The molecule has 0 aliphatic carbocycles.